The number of nitrogens with one attached hydrogen (secondary N) is 1. The summed E-state index contributed by atoms with van der Waals surface area (Å²) in [4.78, 5) is 24.6. The Balaban J connectivity index is 2.01. The second kappa shape index (κ2) is 7.31. The van der Waals surface area contributed by atoms with E-state index in [-0.39, 0.29) is 11.7 Å². The molecule has 0 fully saturated rings. The number of amides is 1. The predicted octanol–water partition coefficient (Wildman–Crippen LogP) is 3.84. The molecule has 1 N–H and O–H groups in total. The molecule has 0 aliphatic rings. The largest absolute Gasteiger partial charge is 0.495 e. The van der Waals surface area contributed by atoms with Gasteiger partial charge in [-0.3, -0.25) is 4.79 Å². The van der Waals surface area contributed by atoms with Crippen molar-refractivity contribution >= 4 is 22.6 Å². The quantitative estimate of drug-likeness (QED) is 0.705. The van der Waals surface area contributed by atoms with Crippen LogP contribution < -0.4 is 20.4 Å². The van der Waals surface area contributed by atoms with E-state index < -0.39 is 11.5 Å². The summed E-state index contributed by atoms with van der Waals surface area (Å²) in [6, 6.07) is 13.3. The van der Waals surface area contributed by atoms with Gasteiger partial charge in [-0.05, 0) is 38.1 Å². The van der Waals surface area contributed by atoms with Crippen LogP contribution in [0.1, 0.15) is 24.2 Å². The van der Waals surface area contributed by atoms with Crippen molar-refractivity contribution in [3.8, 4) is 11.5 Å². The Labute approximate surface area is 150 Å². The SMILES string of the molecule is COc1ccccc1NC(=O)c1cc(=O)oc2cc(OC(C)C)ccc12. The third-order valence-corrected chi connectivity index (χ3v) is 3.69. The standard InChI is InChI=1S/C20H19NO5/c1-12(2)25-13-8-9-14-15(11-19(22)26-18(14)10-13)20(23)21-16-6-4-5-7-17(16)24-3/h4-12H,1-3H3,(H,21,23). The van der Waals surface area contributed by atoms with Crippen LogP contribution >= 0.6 is 0 Å². The Morgan fingerprint density at radius 1 is 1.12 bits per heavy atom. The highest BCUT2D eigenvalue weighted by atomic mass is 16.5. The van der Waals surface area contributed by atoms with Gasteiger partial charge in [-0.25, -0.2) is 4.79 Å². The average Bonchev–Trinajstić information content (AvgIpc) is 2.60. The normalized spacial score (nSPS) is 10.8. The molecule has 0 atom stereocenters. The van der Waals surface area contributed by atoms with E-state index in [2.05, 4.69) is 5.32 Å². The number of para-hydroxylation sites is 2. The molecule has 1 aromatic heterocycles. The lowest BCUT2D eigenvalue weighted by molar-refractivity contribution is 0.102. The van der Waals surface area contributed by atoms with Crippen LogP contribution in [0.5, 0.6) is 11.5 Å². The van der Waals surface area contributed by atoms with Crippen LogP contribution in [0.4, 0.5) is 5.69 Å². The van der Waals surface area contributed by atoms with Gasteiger partial charge in [0, 0.05) is 17.5 Å². The van der Waals surface area contributed by atoms with Crippen LogP contribution in [0.15, 0.2) is 57.7 Å². The van der Waals surface area contributed by atoms with E-state index in [9.17, 15) is 9.59 Å². The number of carbonyl (C=O) groups excluding carboxylic acids is 1. The smallest absolute Gasteiger partial charge is 0.337 e. The van der Waals surface area contributed by atoms with Crippen molar-refractivity contribution in [1.29, 1.82) is 0 Å². The molecular formula is C20H19NO5. The summed E-state index contributed by atoms with van der Waals surface area (Å²) in [6.45, 7) is 3.80. The fraction of sp³-hybridized carbons (Fsp3) is 0.200. The summed E-state index contributed by atoms with van der Waals surface area (Å²) in [5.41, 5.74) is 0.421. The van der Waals surface area contributed by atoms with Crippen LogP contribution in [-0.2, 0) is 0 Å². The third kappa shape index (κ3) is 3.69. The van der Waals surface area contributed by atoms with Crippen LogP contribution in [0.25, 0.3) is 11.0 Å². The zero-order chi connectivity index (χ0) is 18.7. The van der Waals surface area contributed by atoms with Gasteiger partial charge in [-0.1, -0.05) is 12.1 Å². The number of rotatable bonds is 5. The lowest BCUT2D eigenvalue weighted by Crippen LogP contribution is -2.15. The molecule has 134 valence electrons. The average molecular weight is 353 g/mol. The van der Waals surface area contributed by atoms with E-state index >= 15 is 0 Å². The molecule has 1 amide bonds. The van der Waals surface area contributed by atoms with Gasteiger partial charge < -0.3 is 19.2 Å². The molecule has 3 aromatic rings. The Hall–Kier alpha value is -3.28. The molecule has 0 aliphatic heterocycles. The monoisotopic (exact) mass is 353 g/mol. The van der Waals surface area contributed by atoms with E-state index in [4.69, 9.17) is 13.9 Å². The first-order chi connectivity index (χ1) is 12.5. The maximum atomic E-state index is 12.7. The molecule has 0 unspecified atom stereocenters. The minimum absolute atomic E-state index is 0.0174. The molecular weight excluding hydrogens is 334 g/mol. The van der Waals surface area contributed by atoms with E-state index in [0.29, 0.717) is 28.2 Å². The number of carbonyl (C=O) groups is 1. The van der Waals surface area contributed by atoms with Gasteiger partial charge in [0.1, 0.15) is 17.1 Å². The Kier molecular flexibility index (Phi) is 4.93. The Bertz CT molecular complexity index is 1010. The molecule has 0 saturated heterocycles. The van der Waals surface area contributed by atoms with Crippen molar-refractivity contribution in [3.05, 3.63) is 64.5 Å². The molecule has 0 bridgehead atoms. The van der Waals surface area contributed by atoms with Crippen LogP contribution in [0.3, 0.4) is 0 Å². The molecule has 2 aromatic carbocycles. The Morgan fingerprint density at radius 2 is 1.88 bits per heavy atom. The fourth-order valence-corrected chi connectivity index (χ4v) is 2.61. The number of anilines is 1. The molecule has 6 heteroatoms. The van der Waals surface area contributed by atoms with E-state index in [1.165, 1.54) is 13.2 Å². The number of ether oxygens (including phenoxy) is 2. The topological polar surface area (TPSA) is 77.8 Å². The minimum Gasteiger partial charge on any atom is -0.495 e. The lowest BCUT2D eigenvalue weighted by Gasteiger charge is -2.12. The number of methoxy groups -OCH3 is 1. The fourth-order valence-electron chi connectivity index (χ4n) is 2.61. The van der Waals surface area contributed by atoms with Gasteiger partial charge in [0.25, 0.3) is 5.91 Å². The molecule has 26 heavy (non-hydrogen) atoms. The first kappa shape index (κ1) is 17.5. The van der Waals surface area contributed by atoms with Crippen molar-refractivity contribution in [3.63, 3.8) is 0 Å². The van der Waals surface area contributed by atoms with Crippen molar-refractivity contribution in [1.82, 2.24) is 0 Å². The van der Waals surface area contributed by atoms with Crippen molar-refractivity contribution in [2.75, 3.05) is 12.4 Å². The summed E-state index contributed by atoms with van der Waals surface area (Å²) < 4.78 is 16.1. The molecule has 0 radical (unpaired) electrons. The number of benzene rings is 2. The predicted molar refractivity (Wildman–Crippen MR) is 99.2 cm³/mol. The van der Waals surface area contributed by atoms with Gasteiger partial charge in [0.2, 0.25) is 0 Å². The summed E-state index contributed by atoms with van der Waals surface area (Å²) in [5, 5.41) is 3.29. The van der Waals surface area contributed by atoms with Gasteiger partial charge >= 0.3 is 5.63 Å². The molecule has 1 heterocycles. The molecule has 6 nitrogen and oxygen atoms in total. The van der Waals surface area contributed by atoms with Gasteiger partial charge in [-0.15, -0.1) is 0 Å². The summed E-state index contributed by atoms with van der Waals surface area (Å²) in [7, 11) is 1.52. The van der Waals surface area contributed by atoms with Crippen LogP contribution in [0.2, 0.25) is 0 Å². The second-order valence-electron chi connectivity index (χ2n) is 5.96. The zero-order valence-corrected chi connectivity index (χ0v) is 14.7. The highest BCUT2D eigenvalue weighted by Crippen LogP contribution is 2.26. The molecule has 0 saturated carbocycles. The number of hydrogen-bond acceptors (Lipinski definition) is 5. The van der Waals surface area contributed by atoms with Crippen molar-refractivity contribution in [2.45, 2.75) is 20.0 Å². The van der Waals surface area contributed by atoms with Gasteiger partial charge in [0.15, 0.2) is 0 Å². The maximum absolute atomic E-state index is 12.7. The van der Waals surface area contributed by atoms with Crippen molar-refractivity contribution in [2.24, 2.45) is 0 Å². The van der Waals surface area contributed by atoms with E-state index in [1.54, 1.807) is 42.5 Å². The van der Waals surface area contributed by atoms with E-state index in [0.717, 1.165) is 0 Å². The lowest BCUT2D eigenvalue weighted by atomic mass is 10.1. The zero-order valence-electron chi connectivity index (χ0n) is 14.7. The second-order valence-corrected chi connectivity index (χ2v) is 5.96. The first-order valence-corrected chi connectivity index (χ1v) is 8.17. The highest BCUT2D eigenvalue weighted by molar-refractivity contribution is 6.12. The summed E-state index contributed by atoms with van der Waals surface area (Å²) in [5.74, 6) is 0.670. The third-order valence-electron chi connectivity index (χ3n) is 3.69. The van der Waals surface area contributed by atoms with Crippen LogP contribution in [-0.4, -0.2) is 19.1 Å². The van der Waals surface area contributed by atoms with Gasteiger partial charge in [0.05, 0.1) is 24.5 Å². The maximum Gasteiger partial charge on any atom is 0.337 e. The highest BCUT2D eigenvalue weighted by Gasteiger charge is 2.16. The molecule has 3 rings (SSSR count). The molecule has 0 spiro atoms. The van der Waals surface area contributed by atoms with Gasteiger partial charge in [-0.2, -0.15) is 0 Å². The van der Waals surface area contributed by atoms with Crippen LogP contribution in [0, 0.1) is 0 Å². The minimum atomic E-state index is -0.607. The molecule has 0 aliphatic carbocycles. The number of hydrogen-bond donors (Lipinski definition) is 1. The van der Waals surface area contributed by atoms with Crippen molar-refractivity contribution < 1.29 is 18.7 Å². The summed E-state index contributed by atoms with van der Waals surface area (Å²) in [6.07, 6.45) is -0.0174. The Morgan fingerprint density at radius 3 is 2.62 bits per heavy atom. The summed E-state index contributed by atoms with van der Waals surface area (Å²) >= 11 is 0. The first-order valence-electron chi connectivity index (χ1n) is 8.17. The number of fused-ring (bicyclic) bond motifs is 1. The van der Waals surface area contributed by atoms with E-state index in [1.807, 2.05) is 13.8 Å².